The van der Waals surface area contributed by atoms with E-state index >= 15 is 0 Å². The van der Waals surface area contributed by atoms with Gasteiger partial charge < -0.3 is 14.1 Å². The number of hydrogen-bond donors (Lipinski definition) is 0. The normalized spacial score (nSPS) is 11.1. The molecule has 0 bridgehead atoms. The maximum Gasteiger partial charge on any atom is 0.325 e. The molecule has 1 amide bonds. The lowest BCUT2D eigenvalue weighted by atomic mass is 10.3. The van der Waals surface area contributed by atoms with E-state index in [4.69, 9.17) is 9.15 Å². The van der Waals surface area contributed by atoms with Crippen molar-refractivity contribution in [2.45, 2.75) is 33.7 Å². The van der Waals surface area contributed by atoms with Crippen LogP contribution in [-0.2, 0) is 14.3 Å². The van der Waals surface area contributed by atoms with E-state index in [1.807, 2.05) is 26.8 Å². The lowest BCUT2D eigenvalue weighted by Gasteiger charge is -2.24. The van der Waals surface area contributed by atoms with E-state index in [9.17, 15) is 9.59 Å². The maximum absolute atomic E-state index is 12.1. The molecular weight excluding hydrogens is 258 g/mol. The van der Waals surface area contributed by atoms with Gasteiger partial charge in [-0.25, -0.2) is 0 Å². The number of nitrogens with zero attached hydrogens (tertiary/aromatic N) is 1. The SMILES string of the molecule is CCOC(=O)CN(C(=O)/C=C\c1ccc(C)o1)C(C)C. The molecule has 5 nitrogen and oxygen atoms in total. The first kappa shape index (κ1) is 16.0. The van der Waals surface area contributed by atoms with Crippen molar-refractivity contribution in [3.63, 3.8) is 0 Å². The monoisotopic (exact) mass is 279 g/mol. The highest BCUT2D eigenvalue weighted by Crippen LogP contribution is 2.09. The third-order valence-electron chi connectivity index (χ3n) is 2.66. The predicted molar refractivity (Wildman–Crippen MR) is 76.0 cm³/mol. The van der Waals surface area contributed by atoms with E-state index in [0.717, 1.165) is 5.76 Å². The van der Waals surface area contributed by atoms with Crippen molar-refractivity contribution in [2.75, 3.05) is 13.2 Å². The predicted octanol–water partition coefficient (Wildman–Crippen LogP) is 2.40. The molecule has 0 radical (unpaired) electrons. The highest BCUT2D eigenvalue weighted by Gasteiger charge is 2.18. The summed E-state index contributed by atoms with van der Waals surface area (Å²) in [5.74, 6) is 0.735. The molecule has 1 aromatic heterocycles. The summed E-state index contributed by atoms with van der Waals surface area (Å²) in [6.07, 6.45) is 2.99. The minimum absolute atomic E-state index is 0.0497. The lowest BCUT2D eigenvalue weighted by Crippen LogP contribution is -2.40. The number of esters is 1. The van der Waals surface area contributed by atoms with Crippen molar-refractivity contribution >= 4 is 18.0 Å². The second kappa shape index (κ2) is 7.53. The van der Waals surface area contributed by atoms with Crippen molar-refractivity contribution in [1.29, 1.82) is 0 Å². The van der Waals surface area contributed by atoms with E-state index in [-0.39, 0.29) is 18.5 Å². The minimum Gasteiger partial charge on any atom is -0.465 e. The smallest absolute Gasteiger partial charge is 0.325 e. The van der Waals surface area contributed by atoms with Crippen LogP contribution >= 0.6 is 0 Å². The van der Waals surface area contributed by atoms with E-state index in [1.165, 1.54) is 11.0 Å². The van der Waals surface area contributed by atoms with Crippen LogP contribution < -0.4 is 0 Å². The molecule has 0 spiro atoms. The first-order valence-corrected chi connectivity index (χ1v) is 6.64. The molecule has 0 atom stereocenters. The molecule has 1 heterocycles. The Hall–Kier alpha value is -2.04. The number of ether oxygens (including phenoxy) is 1. The van der Waals surface area contributed by atoms with Gasteiger partial charge in [0, 0.05) is 12.1 Å². The summed E-state index contributed by atoms with van der Waals surface area (Å²) in [6, 6.07) is 3.52. The van der Waals surface area contributed by atoms with Crippen LogP contribution in [0.3, 0.4) is 0 Å². The number of aryl methyl sites for hydroxylation is 1. The van der Waals surface area contributed by atoms with Gasteiger partial charge in [0.15, 0.2) is 0 Å². The molecule has 110 valence electrons. The molecule has 0 unspecified atom stereocenters. The van der Waals surface area contributed by atoms with Gasteiger partial charge in [-0.1, -0.05) is 0 Å². The Bertz CT molecular complexity index is 488. The largest absolute Gasteiger partial charge is 0.465 e. The van der Waals surface area contributed by atoms with Crippen LogP contribution in [0.1, 0.15) is 32.3 Å². The van der Waals surface area contributed by atoms with Crippen LogP contribution in [0.5, 0.6) is 0 Å². The molecule has 1 aromatic rings. The summed E-state index contributed by atoms with van der Waals surface area (Å²) in [4.78, 5) is 25.0. The molecule has 0 aromatic carbocycles. The Morgan fingerprint density at radius 2 is 2.10 bits per heavy atom. The third-order valence-corrected chi connectivity index (χ3v) is 2.66. The summed E-state index contributed by atoms with van der Waals surface area (Å²) in [5, 5.41) is 0. The topological polar surface area (TPSA) is 59.8 Å². The molecular formula is C15H21NO4. The highest BCUT2D eigenvalue weighted by atomic mass is 16.5. The fourth-order valence-corrected chi connectivity index (χ4v) is 1.65. The standard InChI is InChI=1S/C15H21NO4/c1-5-19-15(18)10-16(11(2)3)14(17)9-8-13-7-6-12(4)20-13/h6-9,11H,5,10H2,1-4H3/b9-8-. The Morgan fingerprint density at radius 1 is 1.40 bits per heavy atom. The van der Waals surface area contributed by atoms with Crippen LogP contribution in [0.4, 0.5) is 0 Å². The van der Waals surface area contributed by atoms with Gasteiger partial charge in [-0.3, -0.25) is 9.59 Å². The zero-order valence-corrected chi connectivity index (χ0v) is 12.4. The molecule has 0 aliphatic heterocycles. The summed E-state index contributed by atoms with van der Waals surface area (Å²) < 4.78 is 10.2. The van der Waals surface area contributed by atoms with Crippen molar-refractivity contribution in [3.8, 4) is 0 Å². The van der Waals surface area contributed by atoms with Crippen LogP contribution in [0.2, 0.25) is 0 Å². The number of rotatable bonds is 6. The number of carbonyl (C=O) groups is 2. The average Bonchev–Trinajstić information content (AvgIpc) is 2.79. The van der Waals surface area contributed by atoms with Crippen LogP contribution in [0.25, 0.3) is 6.08 Å². The maximum atomic E-state index is 12.1. The van der Waals surface area contributed by atoms with Crippen LogP contribution in [0.15, 0.2) is 22.6 Å². The van der Waals surface area contributed by atoms with E-state index in [1.54, 1.807) is 19.1 Å². The van der Waals surface area contributed by atoms with Gasteiger partial charge in [-0.15, -0.1) is 0 Å². The zero-order valence-electron chi connectivity index (χ0n) is 12.4. The van der Waals surface area contributed by atoms with Gasteiger partial charge in [0.25, 0.3) is 0 Å². The number of furan rings is 1. The highest BCUT2D eigenvalue weighted by molar-refractivity contribution is 5.93. The molecule has 0 saturated heterocycles. The van der Waals surface area contributed by atoms with Gasteiger partial charge in [0.05, 0.1) is 6.61 Å². The number of amides is 1. The molecule has 1 rings (SSSR count). The van der Waals surface area contributed by atoms with Gasteiger partial charge in [0.1, 0.15) is 18.1 Å². The third kappa shape index (κ3) is 4.91. The van der Waals surface area contributed by atoms with Crippen molar-refractivity contribution in [3.05, 3.63) is 29.7 Å². The summed E-state index contributed by atoms with van der Waals surface area (Å²) in [6.45, 7) is 7.52. The summed E-state index contributed by atoms with van der Waals surface area (Å²) in [5.41, 5.74) is 0. The molecule has 20 heavy (non-hydrogen) atoms. The van der Waals surface area contributed by atoms with Crippen molar-refractivity contribution < 1.29 is 18.7 Å². The van der Waals surface area contributed by atoms with E-state index < -0.39 is 5.97 Å². The van der Waals surface area contributed by atoms with Gasteiger partial charge in [-0.05, 0) is 45.9 Å². The molecule has 0 saturated carbocycles. The molecule has 0 aliphatic rings. The summed E-state index contributed by atoms with van der Waals surface area (Å²) in [7, 11) is 0. The van der Waals surface area contributed by atoms with Crippen LogP contribution in [0, 0.1) is 6.92 Å². The fourth-order valence-electron chi connectivity index (χ4n) is 1.65. The van der Waals surface area contributed by atoms with Gasteiger partial charge in [0.2, 0.25) is 5.91 Å². The molecule has 0 aliphatic carbocycles. The average molecular weight is 279 g/mol. The number of hydrogen-bond acceptors (Lipinski definition) is 4. The Balaban J connectivity index is 2.69. The molecule has 5 heteroatoms. The van der Waals surface area contributed by atoms with Crippen molar-refractivity contribution in [1.82, 2.24) is 4.90 Å². The first-order valence-electron chi connectivity index (χ1n) is 6.64. The van der Waals surface area contributed by atoms with E-state index in [2.05, 4.69) is 0 Å². The number of carbonyl (C=O) groups excluding carboxylic acids is 2. The fraction of sp³-hybridized carbons (Fsp3) is 0.467. The lowest BCUT2D eigenvalue weighted by molar-refractivity contribution is -0.148. The van der Waals surface area contributed by atoms with Crippen molar-refractivity contribution in [2.24, 2.45) is 0 Å². The quantitative estimate of drug-likeness (QED) is 0.592. The minimum atomic E-state index is -0.406. The Morgan fingerprint density at radius 3 is 2.60 bits per heavy atom. The van der Waals surface area contributed by atoms with Crippen LogP contribution in [-0.4, -0.2) is 36.0 Å². The van der Waals surface area contributed by atoms with Gasteiger partial charge in [-0.2, -0.15) is 0 Å². The molecule has 0 fully saturated rings. The Labute approximate surface area is 119 Å². The first-order chi connectivity index (χ1) is 9.43. The Kier molecular flexibility index (Phi) is 6.03. The second-order valence-corrected chi connectivity index (χ2v) is 4.65. The zero-order chi connectivity index (χ0) is 15.1. The molecule has 0 N–H and O–H groups in total. The van der Waals surface area contributed by atoms with E-state index in [0.29, 0.717) is 12.4 Å². The second-order valence-electron chi connectivity index (χ2n) is 4.65. The summed E-state index contributed by atoms with van der Waals surface area (Å²) >= 11 is 0. The van der Waals surface area contributed by atoms with Gasteiger partial charge >= 0.3 is 5.97 Å².